The third-order valence-electron chi connectivity index (χ3n) is 3.89. The van der Waals surface area contributed by atoms with Crippen LogP contribution in [0, 0.1) is 5.82 Å². The maximum absolute atomic E-state index is 13.0. The number of hydrogen-bond donors (Lipinski definition) is 0. The highest BCUT2D eigenvalue weighted by Crippen LogP contribution is 2.21. The molecule has 0 saturated heterocycles. The number of amides is 1. The number of unbranched alkanes of at least 4 members (excludes halogenated alkanes) is 2. The summed E-state index contributed by atoms with van der Waals surface area (Å²) < 4.78 is 13.0. The number of benzene rings is 2. The summed E-state index contributed by atoms with van der Waals surface area (Å²) in [6, 6.07) is 13.9. The number of halogens is 1. The Morgan fingerprint density at radius 1 is 1.12 bits per heavy atom. The molecule has 2 aromatic carbocycles. The molecule has 0 aromatic heterocycles. The fourth-order valence-electron chi connectivity index (χ4n) is 2.57. The SMILES string of the molecule is CON(CCCCC=O)C(=O)Cc1cccc(-c2ccc(F)cc2)c1. The molecule has 0 bridgehead atoms. The van der Waals surface area contributed by atoms with Crippen molar-refractivity contribution in [3.63, 3.8) is 0 Å². The van der Waals surface area contributed by atoms with Gasteiger partial charge in [-0.3, -0.25) is 9.63 Å². The fraction of sp³-hybridized carbons (Fsp3) is 0.300. The van der Waals surface area contributed by atoms with Gasteiger partial charge in [-0.1, -0.05) is 36.4 Å². The lowest BCUT2D eigenvalue weighted by Gasteiger charge is -2.19. The summed E-state index contributed by atoms with van der Waals surface area (Å²) in [5.41, 5.74) is 2.69. The zero-order valence-electron chi connectivity index (χ0n) is 14.3. The van der Waals surface area contributed by atoms with Crippen LogP contribution in [0.15, 0.2) is 48.5 Å². The number of rotatable bonds is 9. The van der Waals surface area contributed by atoms with Crippen molar-refractivity contribution in [2.24, 2.45) is 0 Å². The Morgan fingerprint density at radius 3 is 2.56 bits per heavy atom. The van der Waals surface area contributed by atoms with Gasteiger partial charge in [-0.05, 0) is 41.7 Å². The average Bonchev–Trinajstić information content (AvgIpc) is 2.62. The quantitative estimate of drug-likeness (QED) is 0.395. The van der Waals surface area contributed by atoms with Crippen LogP contribution in [0.4, 0.5) is 4.39 Å². The molecule has 0 aliphatic heterocycles. The molecule has 0 atom stereocenters. The molecule has 2 aromatic rings. The second-order valence-electron chi connectivity index (χ2n) is 5.72. The lowest BCUT2D eigenvalue weighted by atomic mass is 10.0. The van der Waals surface area contributed by atoms with Gasteiger partial charge in [-0.15, -0.1) is 0 Å². The highest BCUT2D eigenvalue weighted by molar-refractivity contribution is 5.78. The Morgan fingerprint density at radius 2 is 1.88 bits per heavy atom. The zero-order valence-corrected chi connectivity index (χ0v) is 14.3. The van der Waals surface area contributed by atoms with Gasteiger partial charge in [-0.2, -0.15) is 0 Å². The van der Waals surface area contributed by atoms with Crippen molar-refractivity contribution >= 4 is 12.2 Å². The predicted octanol–water partition coefficient (Wildman–Crippen LogP) is 3.79. The molecule has 0 radical (unpaired) electrons. The number of hydroxylamine groups is 2. The van der Waals surface area contributed by atoms with E-state index in [1.165, 1.54) is 24.3 Å². The molecule has 132 valence electrons. The van der Waals surface area contributed by atoms with Gasteiger partial charge in [0.15, 0.2) is 0 Å². The van der Waals surface area contributed by atoms with Gasteiger partial charge in [-0.25, -0.2) is 9.45 Å². The molecule has 4 nitrogen and oxygen atoms in total. The Balaban J connectivity index is 2.01. The summed E-state index contributed by atoms with van der Waals surface area (Å²) >= 11 is 0. The molecular formula is C20H22FNO3. The van der Waals surface area contributed by atoms with E-state index in [9.17, 15) is 14.0 Å². The number of carbonyl (C=O) groups excluding carboxylic acids is 2. The maximum Gasteiger partial charge on any atom is 0.250 e. The van der Waals surface area contributed by atoms with Crippen LogP contribution in [-0.4, -0.2) is 30.9 Å². The summed E-state index contributed by atoms with van der Waals surface area (Å²) in [5, 5.41) is 1.33. The van der Waals surface area contributed by atoms with Crippen LogP contribution in [-0.2, 0) is 20.8 Å². The molecule has 0 saturated carbocycles. The molecule has 0 N–H and O–H groups in total. The van der Waals surface area contributed by atoms with Gasteiger partial charge in [0.05, 0.1) is 13.5 Å². The number of aldehydes is 1. The van der Waals surface area contributed by atoms with Gasteiger partial charge >= 0.3 is 0 Å². The number of carbonyl (C=O) groups is 2. The molecule has 0 aliphatic rings. The molecule has 0 heterocycles. The van der Waals surface area contributed by atoms with E-state index in [0.29, 0.717) is 19.4 Å². The van der Waals surface area contributed by atoms with Gasteiger partial charge in [0.25, 0.3) is 5.91 Å². The highest BCUT2D eigenvalue weighted by atomic mass is 19.1. The van der Waals surface area contributed by atoms with Crippen LogP contribution >= 0.6 is 0 Å². The monoisotopic (exact) mass is 343 g/mol. The molecule has 25 heavy (non-hydrogen) atoms. The first-order chi connectivity index (χ1) is 12.1. The van der Waals surface area contributed by atoms with E-state index < -0.39 is 0 Å². The Bertz CT molecular complexity index is 700. The minimum absolute atomic E-state index is 0.134. The van der Waals surface area contributed by atoms with Crippen LogP contribution in [0.5, 0.6) is 0 Å². The zero-order chi connectivity index (χ0) is 18.1. The van der Waals surface area contributed by atoms with Crippen LogP contribution in [0.2, 0.25) is 0 Å². The van der Waals surface area contributed by atoms with Crippen LogP contribution < -0.4 is 0 Å². The van der Waals surface area contributed by atoms with E-state index in [2.05, 4.69) is 0 Å². The molecule has 0 unspecified atom stereocenters. The smallest absolute Gasteiger partial charge is 0.250 e. The van der Waals surface area contributed by atoms with E-state index in [4.69, 9.17) is 4.84 Å². The minimum Gasteiger partial charge on any atom is -0.303 e. The Labute approximate surface area is 147 Å². The standard InChI is InChI=1S/C20H22FNO3/c1-25-22(12-3-2-4-13-23)20(24)15-16-6-5-7-18(14-16)17-8-10-19(21)11-9-17/h5-11,13-14H,2-4,12,15H2,1H3. The van der Waals surface area contributed by atoms with E-state index in [1.54, 1.807) is 12.1 Å². The maximum atomic E-state index is 13.0. The van der Waals surface area contributed by atoms with Gasteiger partial charge in [0, 0.05) is 13.0 Å². The summed E-state index contributed by atoms with van der Waals surface area (Å²) in [6.07, 6.45) is 3.03. The van der Waals surface area contributed by atoms with Crippen molar-refractivity contribution in [2.45, 2.75) is 25.7 Å². The van der Waals surface area contributed by atoms with Crippen molar-refractivity contribution in [1.29, 1.82) is 0 Å². The van der Waals surface area contributed by atoms with Crippen LogP contribution in [0.3, 0.4) is 0 Å². The van der Waals surface area contributed by atoms with Crippen molar-refractivity contribution in [1.82, 2.24) is 5.06 Å². The summed E-state index contributed by atoms with van der Waals surface area (Å²) in [6.45, 7) is 0.459. The van der Waals surface area contributed by atoms with E-state index in [0.717, 1.165) is 29.4 Å². The molecule has 1 amide bonds. The Kier molecular flexibility index (Phi) is 7.29. The van der Waals surface area contributed by atoms with Gasteiger partial charge in [0.2, 0.25) is 0 Å². The summed E-state index contributed by atoms with van der Waals surface area (Å²) in [5.74, 6) is -0.412. The van der Waals surface area contributed by atoms with E-state index in [1.807, 2.05) is 24.3 Å². The lowest BCUT2D eigenvalue weighted by molar-refractivity contribution is -0.175. The molecule has 5 heteroatoms. The van der Waals surface area contributed by atoms with Crippen LogP contribution in [0.25, 0.3) is 11.1 Å². The molecular weight excluding hydrogens is 321 g/mol. The van der Waals surface area contributed by atoms with Gasteiger partial charge < -0.3 is 4.79 Å². The fourth-order valence-corrected chi connectivity index (χ4v) is 2.57. The first-order valence-electron chi connectivity index (χ1n) is 8.27. The van der Waals surface area contributed by atoms with E-state index in [-0.39, 0.29) is 18.1 Å². The van der Waals surface area contributed by atoms with Crippen molar-refractivity contribution in [3.05, 3.63) is 59.9 Å². The van der Waals surface area contributed by atoms with Crippen LogP contribution in [0.1, 0.15) is 24.8 Å². The van der Waals surface area contributed by atoms with Crippen molar-refractivity contribution in [2.75, 3.05) is 13.7 Å². The third kappa shape index (κ3) is 5.80. The third-order valence-corrected chi connectivity index (χ3v) is 3.89. The van der Waals surface area contributed by atoms with Gasteiger partial charge in [0.1, 0.15) is 12.1 Å². The Hall–Kier alpha value is -2.53. The number of nitrogens with zero attached hydrogens (tertiary/aromatic N) is 1. The molecule has 2 rings (SSSR count). The second kappa shape index (κ2) is 9.69. The highest BCUT2D eigenvalue weighted by Gasteiger charge is 2.14. The predicted molar refractivity (Wildman–Crippen MR) is 94.2 cm³/mol. The number of hydrogen-bond acceptors (Lipinski definition) is 3. The minimum atomic E-state index is -0.277. The average molecular weight is 343 g/mol. The van der Waals surface area contributed by atoms with Crippen molar-refractivity contribution < 1.29 is 18.8 Å². The van der Waals surface area contributed by atoms with E-state index >= 15 is 0 Å². The molecule has 0 spiro atoms. The normalized spacial score (nSPS) is 10.5. The first kappa shape index (κ1) is 18.8. The first-order valence-corrected chi connectivity index (χ1v) is 8.27. The topological polar surface area (TPSA) is 46.6 Å². The summed E-state index contributed by atoms with van der Waals surface area (Å²) in [7, 11) is 1.46. The van der Waals surface area contributed by atoms with Crippen molar-refractivity contribution in [3.8, 4) is 11.1 Å². The lowest BCUT2D eigenvalue weighted by Crippen LogP contribution is -2.32. The molecule has 0 aliphatic carbocycles. The molecule has 0 fully saturated rings. The summed E-state index contributed by atoms with van der Waals surface area (Å²) in [4.78, 5) is 27.9. The largest absolute Gasteiger partial charge is 0.303 e. The second-order valence-corrected chi connectivity index (χ2v) is 5.72.